The summed E-state index contributed by atoms with van der Waals surface area (Å²) in [7, 11) is 1.67. The molecule has 2 aromatic carbocycles. The molecule has 0 aliphatic carbocycles. The Balaban J connectivity index is 1.62. The molecular weight excluding hydrogens is 434 g/mol. The van der Waals surface area contributed by atoms with E-state index < -0.39 is 0 Å². The van der Waals surface area contributed by atoms with Gasteiger partial charge in [0.1, 0.15) is 5.69 Å². The van der Waals surface area contributed by atoms with Gasteiger partial charge in [-0.1, -0.05) is 57.2 Å². The lowest BCUT2D eigenvalue weighted by Gasteiger charge is -2.19. The van der Waals surface area contributed by atoms with Crippen molar-refractivity contribution in [2.75, 3.05) is 13.6 Å². The van der Waals surface area contributed by atoms with E-state index in [0.29, 0.717) is 12.0 Å². The fourth-order valence-electron chi connectivity index (χ4n) is 4.67. The molecule has 1 atom stereocenters. The molecular formula is C29H39N5O. The molecule has 4 rings (SSSR count). The minimum atomic E-state index is 0.270. The number of hydroxylamine groups is 2. The zero-order chi connectivity index (χ0) is 24.8. The third-order valence-electron chi connectivity index (χ3n) is 6.58. The molecule has 4 aromatic rings. The van der Waals surface area contributed by atoms with Crippen molar-refractivity contribution in [3.8, 4) is 22.8 Å². The van der Waals surface area contributed by atoms with Gasteiger partial charge >= 0.3 is 0 Å². The molecule has 6 nitrogen and oxygen atoms in total. The number of aryl methyl sites for hydroxylation is 1. The van der Waals surface area contributed by atoms with Crippen molar-refractivity contribution < 1.29 is 5.06 Å². The molecule has 0 fully saturated rings. The van der Waals surface area contributed by atoms with Crippen LogP contribution >= 0.6 is 0 Å². The van der Waals surface area contributed by atoms with Crippen LogP contribution in [-0.4, -0.2) is 32.7 Å². The van der Waals surface area contributed by atoms with Crippen LogP contribution in [0.15, 0.2) is 61.2 Å². The fraction of sp³-hybridized carbons (Fsp3) is 0.448. The van der Waals surface area contributed by atoms with E-state index in [1.807, 2.05) is 18.7 Å². The zero-order valence-electron chi connectivity index (χ0n) is 21.6. The molecule has 1 N–H and O–H groups in total. The number of imidazole rings is 2. The van der Waals surface area contributed by atoms with Crippen molar-refractivity contribution >= 4 is 10.8 Å². The number of nitrogens with zero attached hydrogens (tertiary/aromatic N) is 4. The molecule has 0 amide bonds. The van der Waals surface area contributed by atoms with Gasteiger partial charge in [-0.2, -0.15) is 0 Å². The van der Waals surface area contributed by atoms with Crippen LogP contribution in [-0.2, 0) is 13.1 Å². The van der Waals surface area contributed by atoms with Crippen LogP contribution in [0.3, 0.4) is 0 Å². The average Bonchev–Trinajstić information content (AvgIpc) is 3.44. The molecule has 0 radical (unpaired) electrons. The second-order valence-electron chi connectivity index (χ2n) is 10.8. The van der Waals surface area contributed by atoms with Crippen molar-refractivity contribution in [2.24, 2.45) is 5.41 Å². The lowest BCUT2D eigenvalue weighted by molar-refractivity contribution is -0.826. The summed E-state index contributed by atoms with van der Waals surface area (Å²) in [5.41, 5.74) is 3.69. The van der Waals surface area contributed by atoms with Gasteiger partial charge in [-0.15, -0.1) is 0 Å². The Kier molecular flexibility index (Phi) is 8.04. The van der Waals surface area contributed by atoms with Gasteiger partial charge < -0.3 is 19.4 Å². The number of quaternary nitrogens is 1. The largest absolute Gasteiger partial charge is 0.634 e. The summed E-state index contributed by atoms with van der Waals surface area (Å²) in [6.07, 6.45) is 11.1. The van der Waals surface area contributed by atoms with Crippen LogP contribution in [0, 0.1) is 10.6 Å². The Labute approximate surface area is 209 Å². The summed E-state index contributed by atoms with van der Waals surface area (Å²) in [5.74, 6) is 0.975. The number of hydrogen-bond donors (Lipinski definition) is 1. The highest BCUT2D eigenvalue weighted by Gasteiger charge is 2.18. The lowest BCUT2D eigenvalue weighted by Crippen LogP contribution is -3.03. The highest BCUT2D eigenvalue weighted by molar-refractivity contribution is 5.87. The normalized spacial score (nSPS) is 12.9. The van der Waals surface area contributed by atoms with Crippen molar-refractivity contribution in [2.45, 2.75) is 66.0 Å². The zero-order valence-corrected chi connectivity index (χ0v) is 21.6. The molecule has 0 saturated heterocycles. The van der Waals surface area contributed by atoms with Crippen LogP contribution in [0.4, 0.5) is 0 Å². The van der Waals surface area contributed by atoms with Gasteiger partial charge in [-0.05, 0) is 54.4 Å². The summed E-state index contributed by atoms with van der Waals surface area (Å²) in [6.45, 7) is 9.36. The first-order valence-corrected chi connectivity index (χ1v) is 12.9. The van der Waals surface area contributed by atoms with Gasteiger partial charge in [0, 0.05) is 18.7 Å². The number of rotatable bonds is 11. The van der Waals surface area contributed by atoms with Gasteiger partial charge in [0.05, 0.1) is 38.0 Å². The second kappa shape index (κ2) is 11.2. The Morgan fingerprint density at radius 1 is 0.886 bits per heavy atom. The minimum absolute atomic E-state index is 0.270. The van der Waals surface area contributed by atoms with Crippen molar-refractivity contribution in [3.63, 3.8) is 0 Å². The Bertz CT molecular complexity index is 1230. The van der Waals surface area contributed by atoms with E-state index >= 15 is 0 Å². The molecule has 1 unspecified atom stereocenters. The van der Waals surface area contributed by atoms with Gasteiger partial charge in [-0.3, -0.25) is 0 Å². The second-order valence-corrected chi connectivity index (χ2v) is 10.8. The van der Waals surface area contributed by atoms with Crippen molar-refractivity contribution in [1.82, 2.24) is 19.1 Å². The quantitative estimate of drug-likeness (QED) is 0.229. The molecule has 0 spiro atoms. The first kappa shape index (κ1) is 25.1. The predicted molar refractivity (Wildman–Crippen MR) is 144 cm³/mol. The Hall–Kier alpha value is -2.96. The molecule has 0 bridgehead atoms. The van der Waals surface area contributed by atoms with E-state index in [-0.39, 0.29) is 5.06 Å². The van der Waals surface area contributed by atoms with Crippen molar-refractivity contribution in [1.29, 1.82) is 0 Å². The molecule has 0 aliphatic heterocycles. The molecule has 2 heterocycles. The molecule has 2 aromatic heterocycles. The topological polar surface area (TPSA) is 63.1 Å². The maximum absolute atomic E-state index is 11.2. The maximum atomic E-state index is 11.2. The summed E-state index contributed by atoms with van der Waals surface area (Å²) in [4.78, 5) is 9.38. The summed E-state index contributed by atoms with van der Waals surface area (Å²) in [5, 5.41) is 14.0. The van der Waals surface area contributed by atoms with Crippen LogP contribution in [0.25, 0.3) is 33.5 Å². The average molecular weight is 474 g/mol. The van der Waals surface area contributed by atoms with E-state index in [0.717, 1.165) is 62.4 Å². The highest BCUT2D eigenvalue weighted by Crippen LogP contribution is 2.31. The SMILES string of the molecule is C[NH+]([O-])CCCCCn1cncc1-c1ncc(-c2ccc3ccccc3c2)n1CCCC(C)(C)C. The van der Waals surface area contributed by atoms with Gasteiger partial charge in [0.2, 0.25) is 0 Å². The Morgan fingerprint density at radius 2 is 1.69 bits per heavy atom. The number of benzene rings is 2. The maximum Gasteiger partial charge on any atom is 0.158 e. The number of hydrogen-bond acceptors (Lipinski definition) is 3. The number of fused-ring (bicyclic) bond motifs is 1. The Morgan fingerprint density at radius 3 is 2.46 bits per heavy atom. The molecule has 0 aliphatic rings. The molecule has 186 valence electrons. The lowest BCUT2D eigenvalue weighted by atomic mass is 9.90. The van der Waals surface area contributed by atoms with Gasteiger partial charge in [0.25, 0.3) is 0 Å². The van der Waals surface area contributed by atoms with Crippen LogP contribution < -0.4 is 5.06 Å². The van der Waals surface area contributed by atoms with E-state index in [4.69, 9.17) is 4.98 Å². The standard InChI is InChI=1S/C29H39N5O/c1-29(2,3)15-10-18-34-26(25-14-13-23-11-6-7-12-24(23)19-25)21-31-28(34)27-20-30-22-33(27)17-9-5-8-16-32(4)35/h6-7,11-14,19-22,32H,5,8-10,15-18H2,1-4H3. The predicted octanol–water partition coefficient (Wildman–Crippen LogP) is 5.58. The van der Waals surface area contributed by atoms with Crippen molar-refractivity contribution in [3.05, 3.63) is 66.4 Å². The summed E-state index contributed by atoms with van der Waals surface area (Å²) in [6, 6.07) is 15.2. The van der Waals surface area contributed by atoms with E-state index in [1.54, 1.807) is 7.05 Å². The molecule has 0 saturated carbocycles. The monoisotopic (exact) mass is 473 g/mol. The fourth-order valence-corrected chi connectivity index (χ4v) is 4.67. The molecule has 35 heavy (non-hydrogen) atoms. The van der Waals surface area contributed by atoms with E-state index in [2.05, 4.69) is 77.4 Å². The van der Waals surface area contributed by atoms with Crippen LogP contribution in [0.5, 0.6) is 0 Å². The van der Waals surface area contributed by atoms with Gasteiger partial charge in [-0.25, -0.2) is 9.97 Å². The number of aromatic nitrogens is 4. The molecule has 6 heteroatoms. The van der Waals surface area contributed by atoms with Gasteiger partial charge in [0.15, 0.2) is 5.82 Å². The minimum Gasteiger partial charge on any atom is -0.634 e. The summed E-state index contributed by atoms with van der Waals surface area (Å²) < 4.78 is 4.58. The van der Waals surface area contributed by atoms with Crippen LogP contribution in [0.2, 0.25) is 0 Å². The number of unbranched alkanes of at least 4 members (excludes halogenated alkanes) is 2. The summed E-state index contributed by atoms with van der Waals surface area (Å²) >= 11 is 0. The van der Waals surface area contributed by atoms with E-state index in [9.17, 15) is 5.21 Å². The van der Waals surface area contributed by atoms with E-state index in [1.165, 1.54) is 16.3 Å². The third-order valence-corrected chi connectivity index (χ3v) is 6.58. The van der Waals surface area contributed by atoms with Crippen LogP contribution in [0.1, 0.15) is 52.9 Å². The first-order chi connectivity index (χ1) is 16.8. The third kappa shape index (κ3) is 6.59. The first-order valence-electron chi connectivity index (χ1n) is 12.9. The smallest absolute Gasteiger partial charge is 0.158 e. The number of nitrogens with one attached hydrogen (secondary N) is 1. The highest BCUT2D eigenvalue weighted by atomic mass is 16.5.